The first-order chi connectivity index (χ1) is 8.15. The number of nitrogens with one attached hydrogen (secondary N) is 1. The van der Waals surface area contributed by atoms with Gasteiger partial charge in [0, 0.05) is 44.0 Å². The van der Waals surface area contributed by atoms with Gasteiger partial charge >= 0.3 is 0 Å². The normalized spacial score (nSPS) is 21.5. The molecule has 1 aromatic heterocycles. The summed E-state index contributed by atoms with van der Waals surface area (Å²) in [5.74, 6) is 0. The van der Waals surface area contributed by atoms with Crippen LogP contribution in [0.5, 0.6) is 0 Å². The Bertz CT molecular complexity index is 345. The lowest BCUT2D eigenvalue weighted by atomic mass is 10.2. The number of hydrogen-bond donors (Lipinski definition) is 1. The Morgan fingerprint density at radius 3 is 3.00 bits per heavy atom. The van der Waals surface area contributed by atoms with Crippen LogP contribution in [0.1, 0.15) is 32.3 Å². The van der Waals surface area contributed by atoms with Crippen LogP contribution in [0.25, 0.3) is 0 Å². The molecular weight excluding hydrogens is 212 g/mol. The van der Waals surface area contributed by atoms with Gasteiger partial charge in [-0.05, 0) is 19.4 Å². The van der Waals surface area contributed by atoms with Crippen molar-refractivity contribution in [2.24, 2.45) is 7.05 Å². The van der Waals surface area contributed by atoms with Crippen molar-refractivity contribution in [1.82, 2.24) is 20.0 Å². The molecule has 4 heteroatoms. The van der Waals surface area contributed by atoms with Crippen LogP contribution in [-0.2, 0) is 13.6 Å². The molecule has 0 saturated carbocycles. The molecule has 0 spiro atoms. The topological polar surface area (TPSA) is 33.1 Å². The molecule has 17 heavy (non-hydrogen) atoms. The summed E-state index contributed by atoms with van der Waals surface area (Å²) in [6.45, 7) is 7.79. The summed E-state index contributed by atoms with van der Waals surface area (Å²) in [4.78, 5) is 2.58. The van der Waals surface area contributed by atoms with E-state index in [2.05, 4.69) is 35.4 Å². The molecular formula is C13H24N4. The van der Waals surface area contributed by atoms with Crippen molar-refractivity contribution in [2.75, 3.05) is 13.1 Å². The van der Waals surface area contributed by atoms with Gasteiger partial charge in [-0.1, -0.05) is 13.8 Å². The third kappa shape index (κ3) is 3.54. The minimum absolute atomic E-state index is 0.579. The molecule has 1 aliphatic rings. The van der Waals surface area contributed by atoms with E-state index >= 15 is 0 Å². The summed E-state index contributed by atoms with van der Waals surface area (Å²) in [6.07, 6.45) is 6.74. The van der Waals surface area contributed by atoms with Crippen LogP contribution in [0.2, 0.25) is 0 Å². The monoisotopic (exact) mass is 236 g/mol. The lowest BCUT2D eigenvalue weighted by Crippen LogP contribution is -2.39. The molecule has 1 aromatic rings. The molecule has 1 unspecified atom stereocenters. The first-order valence-electron chi connectivity index (χ1n) is 6.60. The molecule has 1 aliphatic heterocycles. The van der Waals surface area contributed by atoms with Crippen LogP contribution in [-0.4, -0.2) is 39.9 Å². The van der Waals surface area contributed by atoms with Crippen LogP contribution >= 0.6 is 0 Å². The molecule has 2 rings (SSSR count). The van der Waals surface area contributed by atoms with Gasteiger partial charge in [0.25, 0.3) is 0 Å². The standard InChI is InChI=1S/C13H24N4/c1-11(2)14-8-13-5-4-6-17(13)10-12-7-15-16(3)9-12/h7,9,11,13-14H,4-6,8,10H2,1-3H3. The maximum absolute atomic E-state index is 4.23. The predicted molar refractivity (Wildman–Crippen MR) is 69.8 cm³/mol. The van der Waals surface area contributed by atoms with Gasteiger partial charge in [0.2, 0.25) is 0 Å². The molecule has 1 atom stereocenters. The fraction of sp³-hybridized carbons (Fsp3) is 0.769. The number of aryl methyl sites for hydroxylation is 1. The molecule has 0 amide bonds. The van der Waals surface area contributed by atoms with Gasteiger partial charge in [-0.25, -0.2) is 0 Å². The van der Waals surface area contributed by atoms with Gasteiger partial charge in [0.05, 0.1) is 6.20 Å². The van der Waals surface area contributed by atoms with Gasteiger partial charge in [0.15, 0.2) is 0 Å². The lowest BCUT2D eigenvalue weighted by molar-refractivity contribution is 0.236. The largest absolute Gasteiger partial charge is 0.313 e. The highest BCUT2D eigenvalue weighted by atomic mass is 15.3. The van der Waals surface area contributed by atoms with Gasteiger partial charge in [0.1, 0.15) is 0 Å². The van der Waals surface area contributed by atoms with Crippen molar-refractivity contribution in [3.8, 4) is 0 Å². The Kier molecular flexibility index (Phi) is 4.18. The molecule has 0 bridgehead atoms. The molecule has 0 radical (unpaired) electrons. The number of nitrogens with zero attached hydrogens (tertiary/aromatic N) is 3. The highest BCUT2D eigenvalue weighted by Gasteiger charge is 2.24. The molecule has 1 N–H and O–H groups in total. The fourth-order valence-corrected chi connectivity index (χ4v) is 2.49. The average Bonchev–Trinajstić information content (AvgIpc) is 2.86. The molecule has 96 valence electrons. The van der Waals surface area contributed by atoms with Crippen LogP contribution < -0.4 is 5.32 Å². The van der Waals surface area contributed by atoms with Gasteiger partial charge in [-0.2, -0.15) is 5.10 Å². The van der Waals surface area contributed by atoms with Gasteiger partial charge in [-0.3, -0.25) is 9.58 Å². The third-order valence-electron chi connectivity index (χ3n) is 3.40. The molecule has 1 saturated heterocycles. The lowest BCUT2D eigenvalue weighted by Gasteiger charge is -2.25. The molecule has 2 heterocycles. The van der Waals surface area contributed by atoms with Crippen molar-refractivity contribution >= 4 is 0 Å². The minimum atomic E-state index is 0.579. The summed E-state index contributed by atoms with van der Waals surface area (Å²) in [6, 6.07) is 1.27. The second kappa shape index (κ2) is 5.65. The van der Waals surface area contributed by atoms with E-state index in [1.807, 2.05) is 17.9 Å². The molecule has 0 aliphatic carbocycles. The van der Waals surface area contributed by atoms with Gasteiger partial charge in [-0.15, -0.1) is 0 Å². The zero-order chi connectivity index (χ0) is 12.3. The van der Waals surface area contributed by atoms with Crippen molar-refractivity contribution < 1.29 is 0 Å². The van der Waals surface area contributed by atoms with E-state index in [9.17, 15) is 0 Å². The number of likely N-dealkylation sites (tertiary alicyclic amines) is 1. The number of rotatable bonds is 5. The second-order valence-corrected chi connectivity index (χ2v) is 5.35. The van der Waals surface area contributed by atoms with Gasteiger partial charge < -0.3 is 5.32 Å². The van der Waals surface area contributed by atoms with Crippen LogP contribution in [0.4, 0.5) is 0 Å². The van der Waals surface area contributed by atoms with E-state index in [1.165, 1.54) is 24.9 Å². The second-order valence-electron chi connectivity index (χ2n) is 5.35. The van der Waals surface area contributed by atoms with Crippen LogP contribution in [0, 0.1) is 0 Å². The summed E-state index contributed by atoms with van der Waals surface area (Å²) in [7, 11) is 1.98. The van der Waals surface area contributed by atoms with Crippen LogP contribution in [0.15, 0.2) is 12.4 Å². The highest BCUT2D eigenvalue weighted by molar-refractivity contribution is 5.04. The highest BCUT2D eigenvalue weighted by Crippen LogP contribution is 2.19. The summed E-state index contributed by atoms with van der Waals surface area (Å²) in [5, 5.41) is 7.78. The Hall–Kier alpha value is -0.870. The van der Waals surface area contributed by atoms with E-state index in [-0.39, 0.29) is 0 Å². The Balaban J connectivity index is 1.86. The fourth-order valence-electron chi connectivity index (χ4n) is 2.49. The minimum Gasteiger partial charge on any atom is -0.313 e. The van der Waals surface area contributed by atoms with Crippen molar-refractivity contribution in [3.63, 3.8) is 0 Å². The third-order valence-corrected chi connectivity index (χ3v) is 3.40. The number of aromatic nitrogens is 2. The van der Waals surface area contributed by atoms with E-state index in [0.29, 0.717) is 12.1 Å². The molecule has 4 nitrogen and oxygen atoms in total. The van der Waals surface area contributed by atoms with Crippen molar-refractivity contribution in [2.45, 2.75) is 45.3 Å². The summed E-state index contributed by atoms with van der Waals surface area (Å²) in [5.41, 5.74) is 1.32. The smallest absolute Gasteiger partial charge is 0.0534 e. The molecule has 0 aromatic carbocycles. The maximum Gasteiger partial charge on any atom is 0.0534 e. The SMILES string of the molecule is CC(C)NCC1CCCN1Cc1cnn(C)c1. The summed E-state index contributed by atoms with van der Waals surface area (Å²) < 4.78 is 1.88. The van der Waals surface area contributed by atoms with E-state index in [4.69, 9.17) is 0 Å². The van der Waals surface area contributed by atoms with E-state index < -0.39 is 0 Å². The Labute approximate surface area is 104 Å². The van der Waals surface area contributed by atoms with E-state index in [0.717, 1.165) is 13.1 Å². The van der Waals surface area contributed by atoms with E-state index in [1.54, 1.807) is 0 Å². The maximum atomic E-state index is 4.23. The van der Waals surface area contributed by atoms with Crippen molar-refractivity contribution in [1.29, 1.82) is 0 Å². The molecule has 1 fully saturated rings. The first-order valence-corrected chi connectivity index (χ1v) is 6.60. The summed E-state index contributed by atoms with van der Waals surface area (Å²) >= 11 is 0. The number of hydrogen-bond acceptors (Lipinski definition) is 3. The quantitative estimate of drug-likeness (QED) is 0.838. The zero-order valence-electron chi connectivity index (χ0n) is 11.2. The average molecular weight is 236 g/mol. The predicted octanol–water partition coefficient (Wildman–Crippen LogP) is 1.38. The first kappa shape index (κ1) is 12.6. The van der Waals surface area contributed by atoms with Crippen LogP contribution in [0.3, 0.4) is 0 Å². The van der Waals surface area contributed by atoms with Crippen molar-refractivity contribution in [3.05, 3.63) is 18.0 Å². The Morgan fingerprint density at radius 2 is 2.35 bits per heavy atom. The zero-order valence-corrected chi connectivity index (χ0v) is 11.2. The Morgan fingerprint density at radius 1 is 1.53 bits per heavy atom.